The second-order valence-electron chi connectivity index (χ2n) is 2.15. The molecule has 0 aromatic heterocycles. The van der Waals surface area contributed by atoms with Gasteiger partial charge in [0.2, 0.25) is 0 Å². The highest BCUT2D eigenvalue weighted by Crippen LogP contribution is 2.10. The molecule has 1 rings (SSSR count). The number of hydrogen-bond donors (Lipinski definition) is 2. The van der Waals surface area contributed by atoms with Gasteiger partial charge in [0, 0.05) is 6.04 Å². The van der Waals surface area contributed by atoms with E-state index in [0.29, 0.717) is 6.61 Å². The van der Waals surface area contributed by atoms with Gasteiger partial charge in [-0.2, -0.15) is 0 Å². The van der Waals surface area contributed by atoms with E-state index in [-0.39, 0.29) is 12.6 Å². The lowest BCUT2D eigenvalue weighted by atomic mass is 10.1. The summed E-state index contributed by atoms with van der Waals surface area (Å²) in [7, 11) is 0. The number of carbonyl (C=O) groups is 1. The molecule has 0 unspecified atom stereocenters. The van der Waals surface area contributed by atoms with E-state index in [9.17, 15) is 4.79 Å². The average molecular weight is 131 g/mol. The first-order chi connectivity index (χ1) is 4.22. The maximum absolute atomic E-state index is 10.3. The zero-order chi connectivity index (χ0) is 6.85. The minimum Gasteiger partial charge on any atom is -0.481 e. The van der Waals surface area contributed by atoms with E-state index in [1.807, 2.05) is 0 Å². The molecule has 0 saturated carbocycles. The topological polar surface area (TPSA) is 72.5 Å². The van der Waals surface area contributed by atoms with Gasteiger partial charge in [-0.1, -0.05) is 0 Å². The standard InChI is InChI=1S/C5H9NO3/c6-4-2-9-1-3(4)5(7)8/h3-4H,1-2,6H2,(H,7,8)/t3-,4-/m1/s1. The fourth-order valence-corrected chi connectivity index (χ4v) is 0.825. The number of nitrogens with two attached hydrogens (primary N) is 1. The minimum atomic E-state index is -0.861. The molecule has 0 radical (unpaired) electrons. The second-order valence-corrected chi connectivity index (χ2v) is 2.15. The largest absolute Gasteiger partial charge is 0.481 e. The van der Waals surface area contributed by atoms with Crippen molar-refractivity contribution >= 4 is 5.97 Å². The van der Waals surface area contributed by atoms with E-state index in [1.165, 1.54) is 0 Å². The monoisotopic (exact) mass is 131 g/mol. The molecule has 0 aromatic carbocycles. The Hall–Kier alpha value is -0.610. The van der Waals surface area contributed by atoms with Crippen molar-refractivity contribution in [1.82, 2.24) is 0 Å². The molecule has 1 aliphatic heterocycles. The lowest BCUT2D eigenvalue weighted by Gasteiger charge is -2.04. The summed E-state index contributed by atoms with van der Waals surface area (Å²) in [5, 5.41) is 8.42. The Bertz CT molecular complexity index is 125. The van der Waals surface area contributed by atoms with Gasteiger partial charge in [0.1, 0.15) is 0 Å². The van der Waals surface area contributed by atoms with Gasteiger partial charge >= 0.3 is 5.97 Å². The van der Waals surface area contributed by atoms with Crippen molar-refractivity contribution in [3.8, 4) is 0 Å². The molecule has 0 spiro atoms. The lowest BCUT2D eigenvalue weighted by molar-refractivity contribution is -0.141. The highest BCUT2D eigenvalue weighted by Gasteiger charge is 2.30. The van der Waals surface area contributed by atoms with Crippen LogP contribution in [0.2, 0.25) is 0 Å². The predicted molar refractivity (Wildman–Crippen MR) is 29.9 cm³/mol. The van der Waals surface area contributed by atoms with Gasteiger partial charge < -0.3 is 15.6 Å². The summed E-state index contributed by atoms with van der Waals surface area (Å²) < 4.78 is 4.82. The molecule has 3 N–H and O–H groups in total. The van der Waals surface area contributed by atoms with Gasteiger partial charge in [0.15, 0.2) is 0 Å². The molecule has 1 fully saturated rings. The van der Waals surface area contributed by atoms with Gasteiger partial charge in [0.25, 0.3) is 0 Å². The van der Waals surface area contributed by atoms with Crippen LogP contribution in [-0.2, 0) is 9.53 Å². The van der Waals surface area contributed by atoms with Gasteiger partial charge in [0.05, 0.1) is 19.1 Å². The van der Waals surface area contributed by atoms with E-state index >= 15 is 0 Å². The van der Waals surface area contributed by atoms with Crippen molar-refractivity contribution in [2.24, 2.45) is 11.7 Å². The number of ether oxygens (including phenoxy) is 1. The molecular formula is C5H9NO3. The Morgan fingerprint density at radius 2 is 2.33 bits per heavy atom. The Labute approximate surface area is 52.6 Å². The molecule has 0 amide bonds. The molecule has 0 bridgehead atoms. The van der Waals surface area contributed by atoms with Crippen LogP contribution in [0, 0.1) is 5.92 Å². The highest BCUT2D eigenvalue weighted by atomic mass is 16.5. The van der Waals surface area contributed by atoms with Gasteiger partial charge in [-0.05, 0) is 0 Å². The van der Waals surface area contributed by atoms with E-state index in [0.717, 1.165) is 0 Å². The number of carboxylic acids is 1. The molecule has 2 atom stereocenters. The molecule has 1 saturated heterocycles. The normalized spacial score (nSPS) is 34.8. The van der Waals surface area contributed by atoms with Crippen molar-refractivity contribution in [2.45, 2.75) is 6.04 Å². The smallest absolute Gasteiger partial charge is 0.310 e. The Morgan fingerprint density at radius 1 is 1.67 bits per heavy atom. The number of aliphatic carboxylic acids is 1. The highest BCUT2D eigenvalue weighted by molar-refractivity contribution is 5.71. The molecule has 52 valence electrons. The lowest BCUT2D eigenvalue weighted by Crippen LogP contribution is -2.33. The van der Waals surface area contributed by atoms with Crippen molar-refractivity contribution < 1.29 is 14.6 Å². The zero-order valence-corrected chi connectivity index (χ0v) is 4.91. The Balaban J connectivity index is 2.49. The molecule has 4 heteroatoms. The third-order valence-electron chi connectivity index (χ3n) is 1.44. The van der Waals surface area contributed by atoms with Crippen LogP contribution in [0.5, 0.6) is 0 Å². The van der Waals surface area contributed by atoms with Crippen LogP contribution in [-0.4, -0.2) is 30.3 Å². The van der Waals surface area contributed by atoms with Crippen LogP contribution >= 0.6 is 0 Å². The first-order valence-corrected chi connectivity index (χ1v) is 2.78. The van der Waals surface area contributed by atoms with Crippen molar-refractivity contribution in [3.63, 3.8) is 0 Å². The second kappa shape index (κ2) is 2.33. The van der Waals surface area contributed by atoms with Crippen molar-refractivity contribution in [3.05, 3.63) is 0 Å². The first-order valence-electron chi connectivity index (χ1n) is 2.78. The van der Waals surface area contributed by atoms with Crippen LogP contribution in [0.1, 0.15) is 0 Å². The van der Waals surface area contributed by atoms with E-state index in [4.69, 9.17) is 15.6 Å². The Morgan fingerprint density at radius 3 is 2.56 bits per heavy atom. The Kier molecular flexibility index (Phi) is 1.68. The van der Waals surface area contributed by atoms with Gasteiger partial charge in [-0.3, -0.25) is 4.79 Å². The molecule has 0 aromatic rings. The van der Waals surface area contributed by atoms with Crippen molar-refractivity contribution in [1.29, 1.82) is 0 Å². The number of rotatable bonds is 1. The molecule has 4 nitrogen and oxygen atoms in total. The molecule has 9 heavy (non-hydrogen) atoms. The zero-order valence-electron chi connectivity index (χ0n) is 4.91. The molecule has 0 aliphatic carbocycles. The number of hydrogen-bond acceptors (Lipinski definition) is 3. The summed E-state index contributed by atoms with van der Waals surface area (Å²) in [5.74, 6) is -1.36. The fourth-order valence-electron chi connectivity index (χ4n) is 0.825. The molecule has 1 heterocycles. The van der Waals surface area contributed by atoms with E-state index < -0.39 is 11.9 Å². The summed E-state index contributed by atoms with van der Waals surface area (Å²) >= 11 is 0. The van der Waals surface area contributed by atoms with Crippen LogP contribution in [0.3, 0.4) is 0 Å². The van der Waals surface area contributed by atoms with Gasteiger partial charge in [-0.25, -0.2) is 0 Å². The summed E-state index contributed by atoms with van der Waals surface area (Å²) in [6, 6.07) is -0.317. The van der Waals surface area contributed by atoms with Crippen LogP contribution in [0.25, 0.3) is 0 Å². The van der Waals surface area contributed by atoms with E-state index in [1.54, 1.807) is 0 Å². The maximum atomic E-state index is 10.3. The minimum absolute atomic E-state index is 0.260. The molecular weight excluding hydrogens is 122 g/mol. The summed E-state index contributed by atoms with van der Waals surface area (Å²) in [6.45, 7) is 0.632. The third kappa shape index (κ3) is 1.20. The molecule has 1 aliphatic rings. The quantitative estimate of drug-likeness (QED) is 0.481. The summed E-state index contributed by atoms with van der Waals surface area (Å²) in [6.07, 6.45) is 0. The predicted octanol–water partition coefficient (Wildman–Crippen LogP) is -0.955. The van der Waals surface area contributed by atoms with Crippen LogP contribution in [0.4, 0.5) is 0 Å². The summed E-state index contributed by atoms with van der Waals surface area (Å²) in [5.41, 5.74) is 5.37. The third-order valence-corrected chi connectivity index (χ3v) is 1.44. The van der Waals surface area contributed by atoms with Crippen molar-refractivity contribution in [2.75, 3.05) is 13.2 Å². The maximum Gasteiger partial charge on any atom is 0.310 e. The SMILES string of the molecule is N[C@@H]1COC[C@H]1C(=O)O. The van der Waals surface area contributed by atoms with Gasteiger partial charge in [-0.15, -0.1) is 0 Å². The van der Waals surface area contributed by atoms with Crippen LogP contribution < -0.4 is 5.73 Å². The summed E-state index contributed by atoms with van der Waals surface area (Å²) in [4.78, 5) is 10.3. The average Bonchev–Trinajstić information content (AvgIpc) is 2.13. The van der Waals surface area contributed by atoms with Crippen LogP contribution in [0.15, 0.2) is 0 Å². The fraction of sp³-hybridized carbons (Fsp3) is 0.800. The van der Waals surface area contributed by atoms with E-state index in [2.05, 4.69) is 0 Å². The first kappa shape index (κ1) is 6.51. The number of carboxylic acid groups (broad SMARTS) is 1.